The maximum absolute atomic E-state index is 5.65. The average Bonchev–Trinajstić information content (AvgIpc) is 3.51. The predicted molar refractivity (Wildman–Crippen MR) is 120 cm³/mol. The maximum atomic E-state index is 5.65. The third-order valence-corrected chi connectivity index (χ3v) is 6.17. The molecule has 8 heteroatoms. The van der Waals surface area contributed by atoms with Crippen LogP contribution in [0.25, 0.3) is 28.2 Å². The van der Waals surface area contributed by atoms with Crippen molar-refractivity contribution >= 4 is 11.5 Å². The molecular weight excluding hydrogens is 402 g/mol. The van der Waals surface area contributed by atoms with Gasteiger partial charge >= 0.3 is 0 Å². The summed E-state index contributed by atoms with van der Waals surface area (Å²) in [6.45, 7) is 5.75. The number of anilines is 1. The van der Waals surface area contributed by atoms with Crippen molar-refractivity contribution < 1.29 is 4.52 Å². The second-order valence-electron chi connectivity index (χ2n) is 8.12. The normalized spacial score (nSPS) is 13.5. The highest BCUT2D eigenvalue weighted by Gasteiger charge is 2.23. The molecule has 4 aromatic heterocycles. The topological polar surface area (TPSA) is 85.2 Å². The van der Waals surface area contributed by atoms with Crippen LogP contribution in [0, 0.1) is 13.8 Å². The van der Waals surface area contributed by atoms with Crippen LogP contribution in [0.3, 0.4) is 0 Å². The van der Waals surface area contributed by atoms with E-state index in [-0.39, 0.29) is 0 Å². The zero-order valence-electron chi connectivity index (χ0n) is 17.9. The van der Waals surface area contributed by atoms with Crippen LogP contribution >= 0.6 is 0 Å². The molecule has 0 spiro atoms. The van der Waals surface area contributed by atoms with Gasteiger partial charge in [0.15, 0.2) is 17.2 Å². The lowest BCUT2D eigenvalue weighted by Gasteiger charge is -2.30. The van der Waals surface area contributed by atoms with Gasteiger partial charge in [-0.25, -0.2) is 0 Å². The first kappa shape index (κ1) is 18.7. The lowest BCUT2D eigenvalue weighted by Crippen LogP contribution is -2.32. The molecule has 1 aromatic carbocycles. The third kappa shape index (κ3) is 3.03. The highest BCUT2D eigenvalue weighted by molar-refractivity contribution is 5.67. The minimum atomic E-state index is 0.715. The van der Waals surface area contributed by atoms with Crippen LogP contribution in [0.4, 0.5) is 5.82 Å². The number of nitrogens with zero attached hydrogens (tertiary/aromatic N) is 7. The van der Waals surface area contributed by atoms with Gasteiger partial charge < -0.3 is 9.42 Å². The molecule has 0 radical (unpaired) electrons. The molecule has 0 N–H and O–H groups in total. The van der Waals surface area contributed by atoms with Crippen molar-refractivity contribution in [3.63, 3.8) is 0 Å². The van der Waals surface area contributed by atoms with Crippen molar-refractivity contribution in [2.24, 2.45) is 0 Å². The third-order valence-electron chi connectivity index (χ3n) is 6.17. The van der Waals surface area contributed by atoms with Crippen molar-refractivity contribution in [3.05, 3.63) is 77.4 Å². The van der Waals surface area contributed by atoms with Crippen molar-refractivity contribution in [2.75, 3.05) is 11.4 Å². The second-order valence-corrected chi connectivity index (χ2v) is 8.12. The summed E-state index contributed by atoms with van der Waals surface area (Å²) in [4.78, 5) is 7.02. The Morgan fingerprint density at radius 1 is 1.00 bits per heavy atom. The first-order chi connectivity index (χ1) is 15.7. The molecule has 0 bridgehead atoms. The van der Waals surface area contributed by atoms with E-state index in [4.69, 9.17) is 14.6 Å². The number of aromatic nitrogens is 6. The number of benzene rings is 1. The van der Waals surface area contributed by atoms with E-state index in [0.29, 0.717) is 5.76 Å². The van der Waals surface area contributed by atoms with Gasteiger partial charge in [-0.2, -0.15) is 4.52 Å². The summed E-state index contributed by atoms with van der Waals surface area (Å²) >= 11 is 0. The van der Waals surface area contributed by atoms with Gasteiger partial charge in [-0.05, 0) is 25.5 Å². The van der Waals surface area contributed by atoms with Gasteiger partial charge in [-0.3, -0.25) is 4.98 Å². The minimum Gasteiger partial charge on any atom is -0.356 e. The van der Waals surface area contributed by atoms with E-state index in [1.807, 2.05) is 42.6 Å². The molecule has 5 heterocycles. The van der Waals surface area contributed by atoms with Gasteiger partial charge in [0.05, 0.1) is 0 Å². The van der Waals surface area contributed by atoms with Gasteiger partial charge in [-0.15, -0.1) is 15.3 Å². The lowest BCUT2D eigenvalue weighted by molar-refractivity contribution is 0.434. The van der Waals surface area contributed by atoms with Gasteiger partial charge in [0.1, 0.15) is 12.0 Å². The molecule has 1 aliphatic heterocycles. The summed E-state index contributed by atoms with van der Waals surface area (Å²) in [5.41, 5.74) is 8.09. The molecule has 8 nitrogen and oxygen atoms in total. The molecule has 32 heavy (non-hydrogen) atoms. The molecular formula is C24H21N7O. The summed E-state index contributed by atoms with van der Waals surface area (Å²) < 4.78 is 7.40. The lowest BCUT2D eigenvalue weighted by atomic mass is 10.0. The van der Waals surface area contributed by atoms with Crippen LogP contribution in [-0.2, 0) is 13.0 Å². The Kier molecular flexibility index (Phi) is 4.24. The van der Waals surface area contributed by atoms with Crippen LogP contribution < -0.4 is 4.90 Å². The summed E-state index contributed by atoms with van der Waals surface area (Å²) in [6, 6.07) is 14.1. The fraction of sp³-hybridized carbons (Fsp3) is 0.208. The highest BCUT2D eigenvalue weighted by atomic mass is 16.5. The maximum Gasteiger partial charge on any atom is 0.180 e. The van der Waals surface area contributed by atoms with Crippen molar-refractivity contribution in [1.29, 1.82) is 0 Å². The van der Waals surface area contributed by atoms with Crippen molar-refractivity contribution in [1.82, 2.24) is 30.0 Å². The largest absolute Gasteiger partial charge is 0.356 e. The van der Waals surface area contributed by atoms with Crippen LogP contribution in [0.5, 0.6) is 0 Å². The van der Waals surface area contributed by atoms with Crippen molar-refractivity contribution in [2.45, 2.75) is 26.8 Å². The molecule has 0 amide bonds. The Morgan fingerprint density at radius 2 is 1.88 bits per heavy atom. The zero-order valence-corrected chi connectivity index (χ0v) is 17.9. The molecule has 0 atom stereocenters. The summed E-state index contributed by atoms with van der Waals surface area (Å²) in [7, 11) is 0. The quantitative estimate of drug-likeness (QED) is 0.433. The number of pyridine rings is 1. The number of aryl methyl sites for hydroxylation is 1. The van der Waals surface area contributed by atoms with E-state index in [1.54, 1.807) is 10.8 Å². The van der Waals surface area contributed by atoms with Crippen LogP contribution in [0.2, 0.25) is 0 Å². The van der Waals surface area contributed by atoms with E-state index >= 15 is 0 Å². The number of hydrogen-bond donors (Lipinski definition) is 0. The van der Waals surface area contributed by atoms with Crippen LogP contribution in [0.15, 0.2) is 59.5 Å². The van der Waals surface area contributed by atoms with Gasteiger partial charge in [0, 0.05) is 59.7 Å². The molecule has 158 valence electrons. The first-order valence-electron chi connectivity index (χ1n) is 10.6. The van der Waals surface area contributed by atoms with E-state index in [1.165, 1.54) is 5.56 Å². The smallest absolute Gasteiger partial charge is 0.180 e. The van der Waals surface area contributed by atoms with E-state index in [9.17, 15) is 0 Å². The fourth-order valence-corrected chi connectivity index (χ4v) is 4.26. The highest BCUT2D eigenvalue weighted by Crippen LogP contribution is 2.31. The summed E-state index contributed by atoms with van der Waals surface area (Å²) in [6.07, 6.45) is 4.39. The minimum absolute atomic E-state index is 0.715. The molecule has 5 aromatic rings. The van der Waals surface area contributed by atoms with Gasteiger partial charge in [0.2, 0.25) is 0 Å². The average molecular weight is 423 g/mol. The number of hydrogen-bond acceptors (Lipinski definition) is 7. The first-order valence-corrected chi connectivity index (χ1v) is 10.6. The second kappa shape index (κ2) is 7.26. The SMILES string of the molecule is Cc1c(N2CCc3ncc(-c4cc(-c5ccccc5)no4)cc3C2)nn2cnnc2c1C. The van der Waals surface area contributed by atoms with Crippen LogP contribution in [-0.4, -0.2) is 36.5 Å². The monoisotopic (exact) mass is 423 g/mol. The Balaban J connectivity index is 1.33. The number of rotatable bonds is 3. The van der Waals surface area contributed by atoms with E-state index in [2.05, 4.69) is 40.2 Å². The Morgan fingerprint density at radius 3 is 2.75 bits per heavy atom. The Labute approximate surface area is 184 Å². The summed E-state index contributed by atoms with van der Waals surface area (Å²) in [5, 5.41) is 17.2. The number of fused-ring (bicyclic) bond motifs is 2. The van der Waals surface area contributed by atoms with E-state index < -0.39 is 0 Å². The van der Waals surface area contributed by atoms with Crippen LogP contribution in [0.1, 0.15) is 22.4 Å². The Hall–Kier alpha value is -4.07. The summed E-state index contributed by atoms with van der Waals surface area (Å²) in [5.74, 6) is 1.67. The molecule has 0 saturated carbocycles. The molecule has 0 saturated heterocycles. The van der Waals surface area contributed by atoms with Crippen molar-refractivity contribution in [3.8, 4) is 22.6 Å². The zero-order chi connectivity index (χ0) is 21.7. The fourth-order valence-electron chi connectivity index (χ4n) is 4.26. The Bertz CT molecular complexity index is 1440. The standard InChI is InChI=1S/C24H21N7O/c1-15-16(2)24(28-31-14-26-27-23(15)31)30-9-8-20-19(13-30)10-18(12-25-20)22-11-21(29-32-22)17-6-4-3-5-7-17/h3-7,10-12,14H,8-9,13H2,1-2H3. The van der Waals surface area contributed by atoms with Gasteiger partial charge in [-0.1, -0.05) is 35.5 Å². The molecule has 0 unspecified atom stereocenters. The molecule has 6 rings (SSSR count). The molecule has 1 aliphatic rings. The van der Waals surface area contributed by atoms with Gasteiger partial charge in [0.25, 0.3) is 0 Å². The van der Waals surface area contributed by atoms with E-state index in [0.717, 1.165) is 64.6 Å². The molecule has 0 fully saturated rings. The predicted octanol–water partition coefficient (Wildman–Crippen LogP) is 4.02. The molecule has 0 aliphatic carbocycles.